The zero-order valence-corrected chi connectivity index (χ0v) is 25.3. The van der Waals surface area contributed by atoms with Crippen LogP contribution < -0.4 is 32.9 Å². The average Bonchev–Trinajstić information content (AvgIpc) is 3.78. The van der Waals surface area contributed by atoms with Crippen molar-refractivity contribution in [3.8, 4) is 0 Å². The maximum absolute atomic E-state index is 11.4. The number of methoxy groups -OCH3 is 1. The van der Waals surface area contributed by atoms with Gasteiger partial charge in [0.05, 0.1) is 32.6 Å². The molecule has 3 aromatic rings. The summed E-state index contributed by atoms with van der Waals surface area (Å²) >= 11 is 0. The summed E-state index contributed by atoms with van der Waals surface area (Å²) in [5, 5.41) is 4.28. The van der Waals surface area contributed by atoms with Crippen molar-refractivity contribution in [1.82, 2.24) is 0 Å². The van der Waals surface area contributed by atoms with Crippen molar-refractivity contribution in [3.63, 3.8) is 0 Å². The van der Waals surface area contributed by atoms with Crippen molar-refractivity contribution < 1.29 is 62.3 Å². The lowest BCUT2D eigenvalue weighted by Crippen LogP contribution is -3.00. The first-order valence-corrected chi connectivity index (χ1v) is 14.7. The molecule has 0 saturated carbocycles. The van der Waals surface area contributed by atoms with Gasteiger partial charge in [-0.25, -0.2) is 0 Å². The van der Waals surface area contributed by atoms with Crippen LogP contribution in [0.25, 0.3) is 0 Å². The molecule has 0 spiro atoms. The number of halogens is 7. The fraction of sp³-hybridized carbons (Fsp3) is 0.379. The fourth-order valence-corrected chi connectivity index (χ4v) is 6.72. The topological polar surface area (TPSA) is 40.2 Å². The highest BCUT2D eigenvalue weighted by Gasteiger charge is 2.39. The Bertz CT molecular complexity index is 985. The number of hydrogen-bond acceptors (Lipinski definition) is 4. The molecule has 0 bridgehead atoms. The summed E-state index contributed by atoms with van der Waals surface area (Å²) in [5.41, 5.74) is 0. The van der Waals surface area contributed by atoms with E-state index in [1.807, 2.05) is 0 Å². The number of benzene rings is 3. The largest absolute Gasteiger partial charge is 1.00 e. The summed E-state index contributed by atoms with van der Waals surface area (Å²) in [6.07, 6.45) is -9.35. The Labute approximate surface area is 248 Å². The second-order valence-corrected chi connectivity index (χ2v) is 12.3. The molecule has 12 heteroatoms. The van der Waals surface area contributed by atoms with Gasteiger partial charge in [0.25, 0.3) is 0 Å². The van der Waals surface area contributed by atoms with E-state index in [0.717, 1.165) is 0 Å². The van der Waals surface area contributed by atoms with E-state index in [4.69, 9.17) is 0 Å². The third-order valence-corrected chi connectivity index (χ3v) is 9.87. The Morgan fingerprint density at radius 2 is 1.12 bits per heavy atom. The van der Waals surface area contributed by atoms with E-state index in [1.165, 1.54) is 23.0 Å². The van der Waals surface area contributed by atoms with Gasteiger partial charge in [-0.1, -0.05) is 61.5 Å². The molecule has 1 aliphatic rings. The van der Waals surface area contributed by atoms with Crippen molar-refractivity contribution in [2.45, 2.75) is 38.3 Å². The number of alkyl halides is 6. The maximum atomic E-state index is 11.4. The van der Waals surface area contributed by atoms with Crippen LogP contribution in [0.5, 0.6) is 0 Å². The molecule has 0 amide bonds. The molecular formula is C29H34BrF6O4P. The third kappa shape index (κ3) is 14.1. The number of ether oxygens (including phenoxy) is 4. The van der Waals surface area contributed by atoms with Crippen LogP contribution in [0.2, 0.25) is 0 Å². The average molecular weight is 671 g/mol. The molecule has 228 valence electrons. The van der Waals surface area contributed by atoms with Crippen LogP contribution in [-0.4, -0.2) is 58.5 Å². The molecular weight excluding hydrogens is 637 g/mol. The second kappa shape index (κ2) is 17.8. The van der Waals surface area contributed by atoms with Crippen molar-refractivity contribution in [2.24, 2.45) is 0 Å². The molecule has 0 aliphatic carbocycles. The van der Waals surface area contributed by atoms with Crippen LogP contribution in [0.1, 0.15) is 13.3 Å². The van der Waals surface area contributed by atoms with Gasteiger partial charge in [-0.05, 0) is 42.8 Å². The van der Waals surface area contributed by atoms with Crippen LogP contribution in [0.4, 0.5) is 26.3 Å². The monoisotopic (exact) mass is 670 g/mol. The molecule has 1 saturated heterocycles. The maximum Gasteiger partial charge on any atom is 0.522 e. The molecule has 3 aromatic carbocycles. The van der Waals surface area contributed by atoms with Gasteiger partial charge in [-0.15, -0.1) is 26.3 Å². The molecule has 4 nitrogen and oxygen atoms in total. The van der Waals surface area contributed by atoms with E-state index in [2.05, 4.69) is 117 Å². The molecule has 0 aromatic heterocycles. The number of hydrogen-bond donors (Lipinski definition) is 0. The standard InChI is InChI=1S/C19H18P.C6H11F3O2.C4H5F3O2.BrH/c1-20(17-11-5-2-6-12-17,18-13-7-3-8-14-18)19-15-9-4-10-16-19;1-3-5(10-2)4-11-6(7,8)9;5-4(6,7)9-2-3-1-8-3;/h2-16H,1H3;5H,3-4H2,1-2H3;3H,1-2H2;1H/q+1;;;/p-1. The van der Waals surface area contributed by atoms with E-state index in [1.54, 1.807) is 6.92 Å². The Morgan fingerprint density at radius 1 is 0.756 bits per heavy atom. The molecule has 0 N–H and O–H groups in total. The van der Waals surface area contributed by atoms with Crippen molar-refractivity contribution >= 4 is 23.2 Å². The molecule has 4 rings (SSSR count). The summed E-state index contributed by atoms with van der Waals surface area (Å²) in [5.74, 6) is 0. The summed E-state index contributed by atoms with van der Waals surface area (Å²) < 4.78 is 83.9. The molecule has 1 aliphatic heterocycles. The van der Waals surface area contributed by atoms with Gasteiger partial charge in [-0.3, -0.25) is 9.47 Å². The molecule has 41 heavy (non-hydrogen) atoms. The van der Waals surface area contributed by atoms with Crippen molar-refractivity contribution in [3.05, 3.63) is 91.0 Å². The first-order chi connectivity index (χ1) is 18.9. The first-order valence-electron chi connectivity index (χ1n) is 12.5. The first kappa shape index (κ1) is 37.0. The van der Waals surface area contributed by atoms with Gasteiger partial charge in [0, 0.05) is 7.11 Å². The van der Waals surface area contributed by atoms with E-state index >= 15 is 0 Å². The van der Waals surface area contributed by atoms with E-state index < -0.39 is 32.7 Å². The van der Waals surface area contributed by atoms with E-state index in [9.17, 15) is 26.3 Å². The predicted octanol–water partition coefficient (Wildman–Crippen LogP) is 3.48. The summed E-state index contributed by atoms with van der Waals surface area (Å²) in [6, 6.07) is 32.6. The third-order valence-electron chi connectivity index (χ3n) is 5.87. The Balaban J connectivity index is 0.000000341. The van der Waals surface area contributed by atoms with E-state index in [-0.39, 0.29) is 29.7 Å². The zero-order valence-electron chi connectivity index (χ0n) is 22.9. The Morgan fingerprint density at radius 3 is 1.39 bits per heavy atom. The van der Waals surface area contributed by atoms with Gasteiger partial charge >= 0.3 is 12.7 Å². The Hall–Kier alpha value is -2.01. The molecule has 2 unspecified atom stereocenters. The van der Waals surface area contributed by atoms with Crippen LogP contribution >= 0.6 is 7.26 Å². The summed E-state index contributed by atoms with van der Waals surface area (Å²) in [6.45, 7) is 3.72. The summed E-state index contributed by atoms with van der Waals surface area (Å²) in [7, 11) is -0.171. The minimum Gasteiger partial charge on any atom is -1.00 e. The van der Waals surface area contributed by atoms with Crippen LogP contribution in [0, 0.1) is 0 Å². The van der Waals surface area contributed by atoms with Gasteiger partial charge < -0.3 is 26.5 Å². The predicted molar refractivity (Wildman–Crippen MR) is 146 cm³/mol. The van der Waals surface area contributed by atoms with Gasteiger partial charge in [0.1, 0.15) is 29.3 Å². The van der Waals surface area contributed by atoms with Gasteiger partial charge in [-0.2, -0.15) is 0 Å². The highest BCUT2D eigenvalue weighted by atomic mass is 79.9. The van der Waals surface area contributed by atoms with Crippen LogP contribution in [0.15, 0.2) is 91.0 Å². The quantitative estimate of drug-likeness (QED) is 0.199. The molecule has 1 heterocycles. The highest BCUT2D eigenvalue weighted by molar-refractivity contribution is 7.95. The Kier molecular flexibility index (Phi) is 16.1. The fourth-order valence-electron chi connectivity index (χ4n) is 3.52. The second-order valence-electron chi connectivity index (χ2n) is 8.75. The number of rotatable bonds is 9. The zero-order chi connectivity index (χ0) is 29.7. The number of epoxide rings is 1. The van der Waals surface area contributed by atoms with E-state index in [0.29, 0.717) is 13.0 Å². The minimum absolute atomic E-state index is 0. The molecule has 1 fully saturated rings. The van der Waals surface area contributed by atoms with Crippen LogP contribution in [0.3, 0.4) is 0 Å². The van der Waals surface area contributed by atoms with Crippen molar-refractivity contribution in [2.75, 3.05) is 33.6 Å². The normalized spacial score (nSPS) is 15.3. The van der Waals surface area contributed by atoms with Crippen molar-refractivity contribution in [1.29, 1.82) is 0 Å². The minimum atomic E-state index is -4.55. The highest BCUT2D eigenvalue weighted by Crippen LogP contribution is 2.51. The molecule has 2 atom stereocenters. The SMILES string of the molecule is CCC(COC(F)(F)F)OC.C[P+](c1ccccc1)(c1ccccc1)c1ccccc1.FC(F)(F)OCC1CO1.[Br-]. The lowest BCUT2D eigenvalue weighted by molar-refractivity contribution is -0.331. The molecule has 0 radical (unpaired) electrons. The summed E-state index contributed by atoms with van der Waals surface area (Å²) in [4.78, 5) is 0. The van der Waals surface area contributed by atoms with Gasteiger partial charge in [0.2, 0.25) is 0 Å². The van der Waals surface area contributed by atoms with Crippen LogP contribution in [-0.2, 0) is 18.9 Å². The lowest BCUT2D eigenvalue weighted by Gasteiger charge is -2.22. The lowest BCUT2D eigenvalue weighted by atomic mass is 10.3. The van der Waals surface area contributed by atoms with Gasteiger partial charge in [0.15, 0.2) is 0 Å². The smallest absolute Gasteiger partial charge is 0.522 e.